The molecule has 2 fully saturated rings. The molecule has 0 bridgehead atoms. The van der Waals surface area contributed by atoms with Gasteiger partial charge in [0.15, 0.2) is 0 Å². The predicted octanol–water partition coefficient (Wildman–Crippen LogP) is 1.43. The predicted molar refractivity (Wildman–Crippen MR) is 90.5 cm³/mol. The van der Waals surface area contributed by atoms with Gasteiger partial charge in [-0.1, -0.05) is 15.9 Å². The van der Waals surface area contributed by atoms with E-state index >= 15 is 0 Å². The molecule has 122 valence electrons. The van der Waals surface area contributed by atoms with Crippen molar-refractivity contribution in [2.45, 2.75) is 24.3 Å². The molecule has 0 aromatic heterocycles. The van der Waals surface area contributed by atoms with Crippen LogP contribution < -0.4 is 5.32 Å². The lowest BCUT2D eigenvalue weighted by Crippen LogP contribution is -2.49. The molecular formula is C15H22BrN3O2S. The Morgan fingerprint density at radius 3 is 2.64 bits per heavy atom. The first-order chi connectivity index (χ1) is 10.5. The van der Waals surface area contributed by atoms with Gasteiger partial charge in [0.05, 0.1) is 4.90 Å². The van der Waals surface area contributed by atoms with Gasteiger partial charge in [0.25, 0.3) is 0 Å². The summed E-state index contributed by atoms with van der Waals surface area (Å²) in [5, 5.41) is 3.34. The van der Waals surface area contributed by atoms with E-state index in [-0.39, 0.29) is 0 Å². The van der Waals surface area contributed by atoms with E-state index in [0.717, 1.165) is 42.6 Å². The molecule has 22 heavy (non-hydrogen) atoms. The molecule has 2 aliphatic heterocycles. The number of halogens is 1. The van der Waals surface area contributed by atoms with Gasteiger partial charge in [0.1, 0.15) is 0 Å². The lowest BCUT2D eigenvalue weighted by molar-refractivity contribution is 0.179. The second-order valence-corrected chi connectivity index (χ2v) is 8.82. The summed E-state index contributed by atoms with van der Waals surface area (Å²) in [5.74, 6) is 0. The van der Waals surface area contributed by atoms with E-state index in [9.17, 15) is 8.42 Å². The van der Waals surface area contributed by atoms with E-state index in [1.165, 1.54) is 0 Å². The van der Waals surface area contributed by atoms with Crippen molar-refractivity contribution in [2.24, 2.45) is 0 Å². The minimum absolute atomic E-state index is 0.354. The summed E-state index contributed by atoms with van der Waals surface area (Å²) in [6.07, 6.45) is 0.925. The SMILES string of the molecule is Cc1cc(Br)ccc1S(=O)(=O)N1CCC(N2CCNCC2)C1. The lowest BCUT2D eigenvalue weighted by atomic mass is 10.2. The zero-order chi connectivity index (χ0) is 15.7. The van der Waals surface area contributed by atoms with Crippen molar-refractivity contribution in [3.8, 4) is 0 Å². The average Bonchev–Trinajstić information content (AvgIpc) is 2.98. The molecule has 5 nitrogen and oxygen atoms in total. The number of rotatable bonds is 3. The zero-order valence-electron chi connectivity index (χ0n) is 12.8. The largest absolute Gasteiger partial charge is 0.314 e. The molecule has 1 N–H and O–H groups in total. The Hall–Kier alpha value is -0.470. The molecule has 2 heterocycles. The molecule has 1 unspecified atom stereocenters. The molecule has 7 heteroatoms. The second kappa shape index (κ2) is 6.57. The van der Waals surface area contributed by atoms with Crippen molar-refractivity contribution in [1.82, 2.24) is 14.5 Å². The molecule has 0 radical (unpaired) electrons. The number of hydrogen-bond donors (Lipinski definition) is 1. The van der Waals surface area contributed by atoms with Crippen molar-refractivity contribution in [3.05, 3.63) is 28.2 Å². The van der Waals surface area contributed by atoms with E-state index in [4.69, 9.17) is 0 Å². The molecule has 0 saturated carbocycles. The number of nitrogens with zero attached hydrogens (tertiary/aromatic N) is 2. The van der Waals surface area contributed by atoms with Crippen LogP contribution >= 0.6 is 15.9 Å². The van der Waals surface area contributed by atoms with Crippen molar-refractivity contribution < 1.29 is 8.42 Å². The maximum absolute atomic E-state index is 12.9. The van der Waals surface area contributed by atoms with E-state index in [1.807, 2.05) is 13.0 Å². The van der Waals surface area contributed by atoms with E-state index in [1.54, 1.807) is 16.4 Å². The van der Waals surface area contributed by atoms with E-state index < -0.39 is 10.0 Å². The van der Waals surface area contributed by atoms with Crippen LogP contribution in [0.15, 0.2) is 27.6 Å². The van der Waals surface area contributed by atoms with E-state index in [2.05, 4.69) is 26.1 Å². The summed E-state index contributed by atoms with van der Waals surface area (Å²) in [5.41, 5.74) is 0.792. The maximum Gasteiger partial charge on any atom is 0.243 e. The van der Waals surface area contributed by atoms with Crippen molar-refractivity contribution in [2.75, 3.05) is 39.3 Å². The maximum atomic E-state index is 12.9. The molecule has 0 aliphatic carbocycles. The third-order valence-electron chi connectivity index (χ3n) is 4.55. The van der Waals surface area contributed by atoms with Crippen LogP contribution in [0.2, 0.25) is 0 Å². The Morgan fingerprint density at radius 1 is 1.23 bits per heavy atom. The van der Waals surface area contributed by atoms with Gasteiger partial charge in [-0.3, -0.25) is 4.90 Å². The third kappa shape index (κ3) is 3.23. The lowest BCUT2D eigenvalue weighted by Gasteiger charge is -2.32. The third-order valence-corrected chi connectivity index (χ3v) is 7.07. The van der Waals surface area contributed by atoms with Gasteiger partial charge in [-0.2, -0.15) is 4.31 Å². The smallest absolute Gasteiger partial charge is 0.243 e. The highest BCUT2D eigenvalue weighted by molar-refractivity contribution is 9.10. The number of piperazine rings is 1. The molecular weight excluding hydrogens is 366 g/mol. The minimum atomic E-state index is -3.39. The first-order valence-corrected chi connectivity index (χ1v) is 9.93. The second-order valence-electron chi connectivity index (χ2n) is 6.00. The van der Waals surface area contributed by atoms with Gasteiger partial charge in [-0.25, -0.2) is 8.42 Å². The summed E-state index contributed by atoms with van der Waals surface area (Å²) in [6, 6.07) is 5.71. The molecule has 2 aliphatic rings. The Labute approximate surface area is 140 Å². The van der Waals surface area contributed by atoms with Crippen LogP contribution in [0.4, 0.5) is 0 Å². The normalized spacial score (nSPS) is 24.7. The fourth-order valence-electron chi connectivity index (χ4n) is 3.32. The first kappa shape index (κ1) is 16.4. The Kier molecular flexibility index (Phi) is 4.89. The van der Waals surface area contributed by atoms with Crippen LogP contribution in [0.1, 0.15) is 12.0 Å². The number of hydrogen-bond acceptors (Lipinski definition) is 4. The topological polar surface area (TPSA) is 52.7 Å². The van der Waals surface area contributed by atoms with Crippen LogP contribution in [0.25, 0.3) is 0 Å². The standard InChI is InChI=1S/C15H22BrN3O2S/c1-12-10-13(16)2-3-15(12)22(20,21)19-7-4-14(11-19)18-8-5-17-6-9-18/h2-3,10,14,17H,4-9,11H2,1H3. The molecule has 2 saturated heterocycles. The van der Waals surface area contributed by atoms with Crippen LogP contribution in [0, 0.1) is 6.92 Å². The van der Waals surface area contributed by atoms with Gasteiger partial charge < -0.3 is 5.32 Å². The Balaban J connectivity index is 1.76. The molecule has 0 amide bonds. The number of aryl methyl sites for hydroxylation is 1. The van der Waals surface area contributed by atoms with Crippen molar-refractivity contribution in [1.29, 1.82) is 0 Å². The van der Waals surface area contributed by atoms with Crippen molar-refractivity contribution >= 4 is 26.0 Å². The zero-order valence-corrected chi connectivity index (χ0v) is 15.2. The summed E-state index contributed by atoms with van der Waals surface area (Å²) in [6.45, 7) is 7.08. The van der Waals surface area contributed by atoms with Crippen molar-refractivity contribution in [3.63, 3.8) is 0 Å². The average molecular weight is 388 g/mol. The van der Waals surface area contributed by atoms with Gasteiger partial charge in [0, 0.05) is 49.8 Å². The van der Waals surface area contributed by atoms with Crippen LogP contribution in [0.5, 0.6) is 0 Å². The highest BCUT2D eigenvalue weighted by Gasteiger charge is 2.36. The number of benzene rings is 1. The minimum Gasteiger partial charge on any atom is -0.314 e. The van der Waals surface area contributed by atoms with E-state index in [0.29, 0.717) is 24.0 Å². The molecule has 1 aromatic carbocycles. The Bertz CT molecular complexity index is 644. The fourth-order valence-corrected chi connectivity index (χ4v) is 5.49. The Morgan fingerprint density at radius 2 is 1.95 bits per heavy atom. The highest BCUT2D eigenvalue weighted by atomic mass is 79.9. The van der Waals surface area contributed by atoms with Gasteiger partial charge >= 0.3 is 0 Å². The summed E-state index contributed by atoms with van der Waals surface area (Å²) >= 11 is 3.39. The summed E-state index contributed by atoms with van der Waals surface area (Å²) in [7, 11) is -3.39. The monoisotopic (exact) mass is 387 g/mol. The van der Waals surface area contributed by atoms with Crippen LogP contribution in [-0.2, 0) is 10.0 Å². The summed E-state index contributed by atoms with van der Waals surface area (Å²) in [4.78, 5) is 2.84. The summed E-state index contributed by atoms with van der Waals surface area (Å²) < 4.78 is 28.3. The van der Waals surface area contributed by atoms with Crippen LogP contribution in [-0.4, -0.2) is 62.9 Å². The number of sulfonamides is 1. The van der Waals surface area contributed by atoms with Gasteiger partial charge in [-0.15, -0.1) is 0 Å². The number of nitrogens with one attached hydrogen (secondary N) is 1. The quantitative estimate of drug-likeness (QED) is 0.851. The highest BCUT2D eigenvalue weighted by Crippen LogP contribution is 2.27. The molecule has 1 atom stereocenters. The molecule has 0 spiro atoms. The van der Waals surface area contributed by atoms with Crippen LogP contribution in [0.3, 0.4) is 0 Å². The van der Waals surface area contributed by atoms with Gasteiger partial charge in [-0.05, 0) is 37.1 Å². The molecule has 1 aromatic rings. The first-order valence-electron chi connectivity index (χ1n) is 7.69. The molecule has 3 rings (SSSR count). The van der Waals surface area contributed by atoms with Gasteiger partial charge in [0.2, 0.25) is 10.0 Å². The fraction of sp³-hybridized carbons (Fsp3) is 0.600.